The van der Waals surface area contributed by atoms with Gasteiger partial charge in [0.1, 0.15) is 6.04 Å². The summed E-state index contributed by atoms with van der Waals surface area (Å²) in [6.45, 7) is 4.76. The monoisotopic (exact) mass is 270 g/mol. The standard InChI is InChI=1S/C13H22N2O4/c1-8-4-3-5-15(10(8)11(16)17)12(18)13(2)7-19-6-9(13)14/h8-10H,3-7,14H2,1-2H3,(H,16,17). The molecule has 4 atom stereocenters. The molecule has 4 unspecified atom stereocenters. The normalized spacial score (nSPS) is 39.3. The molecule has 3 N–H and O–H groups in total. The van der Waals surface area contributed by atoms with E-state index < -0.39 is 17.4 Å². The summed E-state index contributed by atoms with van der Waals surface area (Å²) in [6.07, 6.45) is 1.67. The van der Waals surface area contributed by atoms with Crippen LogP contribution in [0.5, 0.6) is 0 Å². The Morgan fingerprint density at radius 1 is 1.47 bits per heavy atom. The summed E-state index contributed by atoms with van der Waals surface area (Å²) in [4.78, 5) is 25.6. The lowest BCUT2D eigenvalue weighted by Crippen LogP contribution is -2.59. The predicted molar refractivity (Wildman–Crippen MR) is 68.4 cm³/mol. The maximum absolute atomic E-state index is 12.7. The minimum absolute atomic E-state index is 0.0302. The van der Waals surface area contributed by atoms with Gasteiger partial charge in [-0.15, -0.1) is 0 Å². The molecule has 2 saturated heterocycles. The van der Waals surface area contributed by atoms with E-state index in [1.807, 2.05) is 6.92 Å². The van der Waals surface area contributed by atoms with Gasteiger partial charge in [-0.05, 0) is 25.7 Å². The van der Waals surface area contributed by atoms with Crippen LogP contribution in [0.2, 0.25) is 0 Å². The first kappa shape index (κ1) is 14.3. The maximum Gasteiger partial charge on any atom is 0.326 e. The topological polar surface area (TPSA) is 92.9 Å². The number of piperidine rings is 1. The Balaban J connectivity index is 2.23. The molecule has 0 saturated carbocycles. The van der Waals surface area contributed by atoms with E-state index in [4.69, 9.17) is 10.5 Å². The van der Waals surface area contributed by atoms with Crippen molar-refractivity contribution in [2.45, 2.75) is 38.8 Å². The molecule has 2 heterocycles. The molecular formula is C13H22N2O4. The Hall–Kier alpha value is -1.14. The summed E-state index contributed by atoms with van der Waals surface area (Å²) in [5, 5.41) is 9.36. The molecule has 6 nitrogen and oxygen atoms in total. The number of amides is 1. The average molecular weight is 270 g/mol. The number of ether oxygens (including phenoxy) is 1. The number of carboxylic acids is 1. The van der Waals surface area contributed by atoms with Crippen molar-refractivity contribution in [1.82, 2.24) is 4.90 Å². The van der Waals surface area contributed by atoms with Gasteiger partial charge in [0.05, 0.1) is 18.6 Å². The van der Waals surface area contributed by atoms with Crippen LogP contribution in [0, 0.1) is 11.3 Å². The number of aliphatic carboxylic acids is 1. The third-order valence-corrected chi connectivity index (χ3v) is 4.45. The fourth-order valence-electron chi connectivity index (χ4n) is 3.03. The van der Waals surface area contributed by atoms with Gasteiger partial charge in [0.15, 0.2) is 0 Å². The zero-order valence-electron chi connectivity index (χ0n) is 11.5. The van der Waals surface area contributed by atoms with Crippen molar-refractivity contribution in [3.8, 4) is 0 Å². The SMILES string of the molecule is CC1CCCN(C(=O)C2(C)COCC2N)C1C(=O)O. The van der Waals surface area contributed by atoms with Crippen LogP contribution in [0.3, 0.4) is 0 Å². The molecule has 1 amide bonds. The van der Waals surface area contributed by atoms with E-state index in [0.29, 0.717) is 13.2 Å². The van der Waals surface area contributed by atoms with E-state index in [1.54, 1.807) is 6.92 Å². The van der Waals surface area contributed by atoms with Gasteiger partial charge in [-0.3, -0.25) is 4.79 Å². The maximum atomic E-state index is 12.7. The number of carbonyl (C=O) groups excluding carboxylic acids is 1. The second-order valence-corrected chi connectivity index (χ2v) is 5.94. The van der Waals surface area contributed by atoms with Gasteiger partial charge in [-0.2, -0.15) is 0 Å². The van der Waals surface area contributed by atoms with Crippen molar-refractivity contribution >= 4 is 11.9 Å². The van der Waals surface area contributed by atoms with Crippen LogP contribution in [-0.2, 0) is 14.3 Å². The van der Waals surface area contributed by atoms with Crippen molar-refractivity contribution in [1.29, 1.82) is 0 Å². The summed E-state index contributed by atoms with van der Waals surface area (Å²) < 4.78 is 5.29. The van der Waals surface area contributed by atoms with E-state index in [-0.39, 0.29) is 24.5 Å². The molecule has 2 fully saturated rings. The lowest BCUT2D eigenvalue weighted by atomic mass is 9.81. The highest BCUT2D eigenvalue weighted by atomic mass is 16.5. The number of hydrogen-bond acceptors (Lipinski definition) is 4. The van der Waals surface area contributed by atoms with Crippen LogP contribution in [-0.4, -0.2) is 53.7 Å². The highest BCUT2D eigenvalue weighted by Gasteiger charge is 2.49. The summed E-state index contributed by atoms with van der Waals surface area (Å²) >= 11 is 0. The van der Waals surface area contributed by atoms with Crippen LogP contribution in [0.25, 0.3) is 0 Å². The molecule has 0 aromatic rings. The van der Waals surface area contributed by atoms with Crippen LogP contribution in [0.4, 0.5) is 0 Å². The van der Waals surface area contributed by atoms with Crippen LogP contribution in [0.1, 0.15) is 26.7 Å². The molecular weight excluding hydrogens is 248 g/mol. The van der Waals surface area contributed by atoms with Crippen molar-refractivity contribution in [3.63, 3.8) is 0 Å². The summed E-state index contributed by atoms with van der Waals surface area (Å²) in [6, 6.07) is -1.11. The van der Waals surface area contributed by atoms with E-state index in [2.05, 4.69) is 0 Å². The quantitative estimate of drug-likeness (QED) is 0.740. The smallest absolute Gasteiger partial charge is 0.326 e. The van der Waals surface area contributed by atoms with Crippen molar-refractivity contribution < 1.29 is 19.4 Å². The lowest BCUT2D eigenvalue weighted by molar-refractivity contribution is -0.159. The van der Waals surface area contributed by atoms with Crippen LogP contribution < -0.4 is 5.73 Å². The first-order chi connectivity index (χ1) is 8.88. The van der Waals surface area contributed by atoms with Gasteiger partial charge < -0.3 is 20.5 Å². The molecule has 0 aliphatic carbocycles. The van der Waals surface area contributed by atoms with Gasteiger partial charge in [-0.25, -0.2) is 4.79 Å². The number of nitrogens with two attached hydrogens (primary N) is 1. The van der Waals surface area contributed by atoms with Crippen LogP contribution >= 0.6 is 0 Å². The third kappa shape index (κ3) is 2.34. The number of hydrogen-bond donors (Lipinski definition) is 2. The summed E-state index contributed by atoms with van der Waals surface area (Å²) in [5.41, 5.74) is 5.16. The van der Waals surface area contributed by atoms with E-state index in [9.17, 15) is 14.7 Å². The number of carbonyl (C=O) groups is 2. The fourth-order valence-corrected chi connectivity index (χ4v) is 3.03. The van der Waals surface area contributed by atoms with Crippen molar-refractivity contribution in [3.05, 3.63) is 0 Å². The predicted octanol–water partition coefficient (Wildman–Crippen LogP) is 0.0619. The van der Waals surface area contributed by atoms with Gasteiger partial charge in [0.2, 0.25) is 5.91 Å². The molecule has 0 spiro atoms. The first-order valence-electron chi connectivity index (χ1n) is 6.75. The average Bonchev–Trinajstić information content (AvgIpc) is 2.69. The van der Waals surface area contributed by atoms with Gasteiger partial charge >= 0.3 is 5.97 Å². The van der Waals surface area contributed by atoms with Crippen molar-refractivity contribution in [2.75, 3.05) is 19.8 Å². The molecule has 6 heteroatoms. The second kappa shape index (κ2) is 5.09. The highest BCUT2D eigenvalue weighted by Crippen LogP contribution is 2.33. The largest absolute Gasteiger partial charge is 0.480 e. The first-order valence-corrected chi connectivity index (χ1v) is 6.75. The number of nitrogens with zero attached hydrogens (tertiary/aromatic N) is 1. The van der Waals surface area contributed by atoms with Gasteiger partial charge in [-0.1, -0.05) is 6.92 Å². The number of likely N-dealkylation sites (tertiary alicyclic amines) is 1. The number of carboxylic acid groups (broad SMARTS) is 1. The van der Waals surface area contributed by atoms with E-state index >= 15 is 0 Å². The Morgan fingerprint density at radius 2 is 2.16 bits per heavy atom. The zero-order chi connectivity index (χ0) is 14.2. The fraction of sp³-hybridized carbons (Fsp3) is 0.846. The summed E-state index contributed by atoms with van der Waals surface area (Å²) in [7, 11) is 0. The zero-order valence-corrected chi connectivity index (χ0v) is 11.5. The Morgan fingerprint density at radius 3 is 2.68 bits per heavy atom. The van der Waals surface area contributed by atoms with Crippen molar-refractivity contribution in [2.24, 2.45) is 17.1 Å². The molecule has 0 bridgehead atoms. The van der Waals surface area contributed by atoms with E-state index in [1.165, 1.54) is 4.90 Å². The molecule has 0 radical (unpaired) electrons. The lowest BCUT2D eigenvalue weighted by Gasteiger charge is -2.41. The van der Waals surface area contributed by atoms with Crippen LogP contribution in [0.15, 0.2) is 0 Å². The minimum Gasteiger partial charge on any atom is -0.480 e. The Kier molecular flexibility index (Phi) is 3.82. The third-order valence-electron chi connectivity index (χ3n) is 4.45. The number of rotatable bonds is 2. The molecule has 2 aliphatic rings. The molecule has 0 aromatic heterocycles. The van der Waals surface area contributed by atoms with Gasteiger partial charge in [0, 0.05) is 12.6 Å². The molecule has 2 rings (SSSR count). The second-order valence-electron chi connectivity index (χ2n) is 5.94. The van der Waals surface area contributed by atoms with Gasteiger partial charge in [0.25, 0.3) is 0 Å². The highest BCUT2D eigenvalue weighted by molar-refractivity contribution is 5.88. The minimum atomic E-state index is -0.934. The van der Waals surface area contributed by atoms with E-state index in [0.717, 1.165) is 12.8 Å². The molecule has 108 valence electrons. The molecule has 2 aliphatic heterocycles. The Labute approximate surface area is 112 Å². The summed E-state index contributed by atoms with van der Waals surface area (Å²) in [5.74, 6) is -1.15. The molecule has 19 heavy (non-hydrogen) atoms. The molecule has 0 aromatic carbocycles. The Bertz CT molecular complexity index is 387.